The van der Waals surface area contributed by atoms with Gasteiger partial charge in [0.25, 0.3) is 0 Å². The summed E-state index contributed by atoms with van der Waals surface area (Å²) in [5, 5.41) is 6.67. The first-order valence-corrected chi connectivity index (χ1v) is 10.8. The van der Waals surface area contributed by atoms with Gasteiger partial charge in [-0.3, -0.25) is 14.7 Å². The molecule has 8 heteroatoms. The van der Waals surface area contributed by atoms with Gasteiger partial charge in [0.2, 0.25) is 5.91 Å². The van der Waals surface area contributed by atoms with Crippen molar-refractivity contribution in [3.63, 3.8) is 0 Å². The van der Waals surface area contributed by atoms with E-state index in [0.717, 1.165) is 76.8 Å². The van der Waals surface area contributed by atoms with Gasteiger partial charge in [-0.1, -0.05) is 6.42 Å². The van der Waals surface area contributed by atoms with Crippen LogP contribution in [0.1, 0.15) is 31.4 Å². The van der Waals surface area contributed by atoms with Crippen molar-refractivity contribution >= 4 is 11.9 Å². The molecule has 1 aliphatic heterocycles. The molecular weight excluding hydrogens is 370 g/mol. The summed E-state index contributed by atoms with van der Waals surface area (Å²) in [6.07, 6.45) is 5.95. The first-order valence-electron chi connectivity index (χ1n) is 10.8. The molecule has 2 aliphatic rings. The molecule has 1 amide bonds. The van der Waals surface area contributed by atoms with Crippen LogP contribution in [0.4, 0.5) is 0 Å². The number of guanidine groups is 1. The van der Waals surface area contributed by atoms with Gasteiger partial charge < -0.3 is 24.7 Å². The van der Waals surface area contributed by atoms with E-state index in [9.17, 15) is 4.79 Å². The number of nitrogens with zero attached hydrogens (tertiary/aromatic N) is 3. The Bertz CT molecular complexity index is 622. The van der Waals surface area contributed by atoms with E-state index in [-0.39, 0.29) is 0 Å². The Balaban J connectivity index is 1.19. The van der Waals surface area contributed by atoms with Crippen molar-refractivity contribution in [3.05, 3.63) is 24.2 Å². The van der Waals surface area contributed by atoms with E-state index in [4.69, 9.17) is 9.15 Å². The number of hydrogen-bond acceptors (Lipinski definition) is 5. The fourth-order valence-electron chi connectivity index (χ4n) is 3.61. The number of ether oxygens (including phenoxy) is 1. The molecule has 1 saturated heterocycles. The van der Waals surface area contributed by atoms with Crippen LogP contribution in [0.2, 0.25) is 0 Å². The SMILES string of the molecule is CN=C(NCCCOCc1ccco1)NCCN1CCN(C(=O)C2CCC2)CC1. The highest BCUT2D eigenvalue weighted by molar-refractivity contribution is 5.80. The van der Waals surface area contributed by atoms with Crippen LogP contribution < -0.4 is 10.6 Å². The largest absolute Gasteiger partial charge is 0.467 e. The highest BCUT2D eigenvalue weighted by atomic mass is 16.5. The Hall–Kier alpha value is -2.06. The number of furan rings is 1. The number of carbonyl (C=O) groups is 1. The normalized spacial score (nSPS) is 18.5. The van der Waals surface area contributed by atoms with Crippen LogP contribution in [0, 0.1) is 5.92 Å². The number of piperazine rings is 1. The highest BCUT2D eigenvalue weighted by Crippen LogP contribution is 2.28. The van der Waals surface area contributed by atoms with Crippen molar-refractivity contribution in [3.8, 4) is 0 Å². The Morgan fingerprint density at radius 2 is 2.03 bits per heavy atom. The molecule has 0 spiro atoms. The van der Waals surface area contributed by atoms with E-state index in [2.05, 4.69) is 25.4 Å². The lowest BCUT2D eigenvalue weighted by molar-refractivity contribution is -0.139. The lowest BCUT2D eigenvalue weighted by Gasteiger charge is -2.38. The fraction of sp³-hybridized carbons (Fsp3) is 0.714. The van der Waals surface area contributed by atoms with Gasteiger partial charge in [-0.25, -0.2) is 0 Å². The Morgan fingerprint density at radius 1 is 1.24 bits per heavy atom. The molecule has 1 aromatic rings. The van der Waals surface area contributed by atoms with Gasteiger partial charge in [-0.15, -0.1) is 0 Å². The van der Waals surface area contributed by atoms with Crippen molar-refractivity contribution in [1.29, 1.82) is 0 Å². The second-order valence-electron chi connectivity index (χ2n) is 7.71. The Labute approximate surface area is 173 Å². The molecule has 2 heterocycles. The van der Waals surface area contributed by atoms with Gasteiger partial charge >= 0.3 is 0 Å². The number of rotatable bonds is 10. The number of hydrogen-bond donors (Lipinski definition) is 2. The Kier molecular flexibility index (Phi) is 8.82. The first-order chi connectivity index (χ1) is 14.3. The van der Waals surface area contributed by atoms with Gasteiger partial charge in [0, 0.05) is 65.4 Å². The zero-order chi connectivity index (χ0) is 20.3. The van der Waals surface area contributed by atoms with E-state index < -0.39 is 0 Å². The zero-order valence-electron chi connectivity index (χ0n) is 17.6. The van der Waals surface area contributed by atoms with Crippen molar-refractivity contribution in [2.24, 2.45) is 10.9 Å². The molecule has 0 radical (unpaired) electrons. The highest BCUT2D eigenvalue weighted by Gasteiger charge is 2.30. The maximum Gasteiger partial charge on any atom is 0.225 e. The summed E-state index contributed by atoms with van der Waals surface area (Å²) in [6.45, 7) is 7.43. The summed E-state index contributed by atoms with van der Waals surface area (Å²) < 4.78 is 10.8. The number of nitrogens with one attached hydrogen (secondary N) is 2. The summed E-state index contributed by atoms with van der Waals surface area (Å²) in [5.74, 6) is 2.36. The predicted octanol–water partition coefficient (Wildman–Crippen LogP) is 1.30. The van der Waals surface area contributed by atoms with Crippen LogP contribution >= 0.6 is 0 Å². The predicted molar refractivity (Wildman–Crippen MR) is 113 cm³/mol. The number of carbonyl (C=O) groups excluding carboxylic acids is 1. The molecule has 3 rings (SSSR count). The minimum atomic E-state index is 0.313. The first kappa shape index (κ1) is 21.6. The molecule has 0 aromatic carbocycles. The van der Waals surface area contributed by atoms with Gasteiger partial charge in [0.1, 0.15) is 12.4 Å². The molecule has 1 saturated carbocycles. The molecular formula is C21H35N5O3. The molecule has 2 N–H and O–H groups in total. The zero-order valence-corrected chi connectivity index (χ0v) is 17.6. The van der Waals surface area contributed by atoms with Crippen LogP contribution in [-0.2, 0) is 16.1 Å². The monoisotopic (exact) mass is 405 g/mol. The molecule has 2 fully saturated rings. The average Bonchev–Trinajstić information content (AvgIpc) is 3.22. The molecule has 29 heavy (non-hydrogen) atoms. The van der Waals surface area contributed by atoms with Gasteiger partial charge in [-0.2, -0.15) is 0 Å². The van der Waals surface area contributed by atoms with E-state index in [1.54, 1.807) is 13.3 Å². The van der Waals surface area contributed by atoms with E-state index in [1.807, 2.05) is 12.1 Å². The van der Waals surface area contributed by atoms with Crippen LogP contribution in [0.15, 0.2) is 27.8 Å². The van der Waals surface area contributed by atoms with E-state index in [0.29, 0.717) is 25.0 Å². The second-order valence-corrected chi connectivity index (χ2v) is 7.71. The van der Waals surface area contributed by atoms with Gasteiger partial charge in [0.15, 0.2) is 5.96 Å². The van der Waals surface area contributed by atoms with Crippen LogP contribution in [-0.4, -0.2) is 81.1 Å². The third-order valence-corrected chi connectivity index (χ3v) is 5.66. The number of aliphatic imine (C=N–C) groups is 1. The quantitative estimate of drug-likeness (QED) is 0.347. The summed E-state index contributed by atoms with van der Waals surface area (Å²) >= 11 is 0. The van der Waals surface area contributed by atoms with Crippen LogP contribution in [0.25, 0.3) is 0 Å². The average molecular weight is 406 g/mol. The maximum atomic E-state index is 12.3. The lowest BCUT2D eigenvalue weighted by atomic mass is 9.84. The van der Waals surface area contributed by atoms with Crippen molar-refractivity contribution in [2.45, 2.75) is 32.3 Å². The van der Waals surface area contributed by atoms with Crippen molar-refractivity contribution in [2.75, 3.05) is 59.5 Å². The standard InChI is InChI=1S/C21H35N5O3/c1-22-21(23-8-4-15-28-17-19-7-3-16-29-19)24-9-10-25-11-13-26(14-12-25)20(27)18-5-2-6-18/h3,7,16,18H,2,4-6,8-15,17H2,1H3,(H2,22,23,24). The second kappa shape index (κ2) is 11.8. The number of amides is 1. The topological polar surface area (TPSA) is 82.3 Å². The lowest BCUT2D eigenvalue weighted by Crippen LogP contribution is -2.52. The summed E-state index contributed by atoms with van der Waals surface area (Å²) in [7, 11) is 1.79. The van der Waals surface area contributed by atoms with Gasteiger partial charge in [-0.05, 0) is 31.4 Å². The minimum Gasteiger partial charge on any atom is -0.467 e. The maximum absolute atomic E-state index is 12.3. The molecule has 162 valence electrons. The molecule has 1 aliphatic carbocycles. The molecule has 8 nitrogen and oxygen atoms in total. The van der Waals surface area contributed by atoms with Gasteiger partial charge in [0.05, 0.1) is 6.26 Å². The van der Waals surface area contributed by atoms with E-state index in [1.165, 1.54) is 6.42 Å². The molecule has 0 unspecified atom stereocenters. The fourth-order valence-corrected chi connectivity index (χ4v) is 3.61. The van der Waals surface area contributed by atoms with E-state index >= 15 is 0 Å². The van der Waals surface area contributed by atoms with Crippen molar-refractivity contribution in [1.82, 2.24) is 20.4 Å². The molecule has 1 aromatic heterocycles. The molecule has 0 atom stereocenters. The third kappa shape index (κ3) is 7.04. The summed E-state index contributed by atoms with van der Waals surface area (Å²) in [6, 6.07) is 3.78. The minimum absolute atomic E-state index is 0.313. The smallest absolute Gasteiger partial charge is 0.225 e. The van der Waals surface area contributed by atoms with Crippen molar-refractivity contribution < 1.29 is 13.9 Å². The third-order valence-electron chi connectivity index (χ3n) is 5.66. The summed E-state index contributed by atoms with van der Waals surface area (Å²) in [4.78, 5) is 21.0. The molecule has 0 bridgehead atoms. The summed E-state index contributed by atoms with van der Waals surface area (Å²) in [5.41, 5.74) is 0. The van der Waals surface area contributed by atoms with Crippen LogP contribution in [0.5, 0.6) is 0 Å². The Morgan fingerprint density at radius 3 is 2.69 bits per heavy atom. The van der Waals surface area contributed by atoms with Crippen LogP contribution in [0.3, 0.4) is 0 Å².